The predicted octanol–water partition coefficient (Wildman–Crippen LogP) is 4.39. The summed E-state index contributed by atoms with van der Waals surface area (Å²) in [5, 5.41) is 3.69. The van der Waals surface area contributed by atoms with E-state index in [2.05, 4.69) is 33.0 Å². The van der Waals surface area contributed by atoms with E-state index in [-0.39, 0.29) is 0 Å². The number of ether oxygens (including phenoxy) is 1. The van der Waals surface area contributed by atoms with Crippen molar-refractivity contribution in [1.29, 1.82) is 0 Å². The fourth-order valence-corrected chi connectivity index (χ4v) is 3.06. The molecule has 1 aliphatic rings. The Morgan fingerprint density at radius 1 is 1.21 bits per heavy atom. The Hall–Kier alpha value is -0.0800. The van der Waals surface area contributed by atoms with E-state index < -0.39 is 0 Å². The highest BCUT2D eigenvalue weighted by Gasteiger charge is 2.29. The molecule has 1 rings (SSSR count). The number of rotatable bonds is 9. The Kier molecular flexibility index (Phi) is 8.72. The Morgan fingerprint density at radius 3 is 2.63 bits per heavy atom. The molecule has 3 atom stereocenters. The van der Waals surface area contributed by atoms with Gasteiger partial charge in [-0.1, -0.05) is 34.1 Å². The smallest absolute Gasteiger partial charge is 0.0730 e. The van der Waals surface area contributed by atoms with E-state index in [1.165, 1.54) is 44.9 Å². The van der Waals surface area contributed by atoms with Gasteiger partial charge >= 0.3 is 0 Å². The third kappa shape index (κ3) is 6.76. The standard InChI is InChI=1S/C17H35NO/c1-5-11-18-16-10-9-15(6-2)13-17(16)19-12-7-8-14(3)4/h14-18H,5-13H2,1-4H3. The van der Waals surface area contributed by atoms with Crippen molar-refractivity contribution in [2.75, 3.05) is 13.2 Å². The van der Waals surface area contributed by atoms with E-state index in [0.717, 1.165) is 25.0 Å². The average Bonchev–Trinajstić information content (AvgIpc) is 2.41. The molecule has 19 heavy (non-hydrogen) atoms. The Bertz CT molecular complexity index is 217. The first-order valence-electron chi connectivity index (χ1n) is 8.52. The average molecular weight is 269 g/mol. The summed E-state index contributed by atoms with van der Waals surface area (Å²) in [6.45, 7) is 11.2. The molecular formula is C17H35NO. The van der Waals surface area contributed by atoms with Crippen LogP contribution in [-0.2, 0) is 4.74 Å². The normalized spacial score (nSPS) is 27.9. The molecule has 1 aliphatic carbocycles. The number of hydrogen-bond donors (Lipinski definition) is 1. The molecule has 0 heterocycles. The molecule has 0 aliphatic heterocycles. The SMILES string of the molecule is CCCNC1CCC(CC)CC1OCCCC(C)C. The van der Waals surface area contributed by atoms with E-state index >= 15 is 0 Å². The van der Waals surface area contributed by atoms with Crippen LogP contribution < -0.4 is 5.32 Å². The predicted molar refractivity (Wildman–Crippen MR) is 83.5 cm³/mol. The molecule has 0 amide bonds. The summed E-state index contributed by atoms with van der Waals surface area (Å²) in [4.78, 5) is 0. The van der Waals surface area contributed by atoms with Crippen LogP contribution >= 0.6 is 0 Å². The topological polar surface area (TPSA) is 21.3 Å². The lowest BCUT2D eigenvalue weighted by atomic mass is 9.82. The molecule has 2 nitrogen and oxygen atoms in total. The minimum atomic E-state index is 0.456. The first-order chi connectivity index (χ1) is 9.17. The van der Waals surface area contributed by atoms with E-state index in [0.29, 0.717) is 12.1 Å². The molecule has 3 unspecified atom stereocenters. The molecule has 0 aromatic heterocycles. The van der Waals surface area contributed by atoms with Gasteiger partial charge in [0.1, 0.15) is 0 Å². The van der Waals surface area contributed by atoms with Crippen LogP contribution in [0.3, 0.4) is 0 Å². The largest absolute Gasteiger partial charge is 0.377 e. The molecule has 0 aromatic carbocycles. The molecule has 0 aromatic rings. The summed E-state index contributed by atoms with van der Waals surface area (Å²) in [7, 11) is 0. The van der Waals surface area contributed by atoms with Crippen molar-refractivity contribution in [3.05, 3.63) is 0 Å². The fraction of sp³-hybridized carbons (Fsp3) is 1.00. The number of nitrogens with one attached hydrogen (secondary N) is 1. The summed E-state index contributed by atoms with van der Waals surface area (Å²) >= 11 is 0. The summed E-state index contributed by atoms with van der Waals surface area (Å²) in [6, 6.07) is 0.599. The van der Waals surface area contributed by atoms with Crippen LogP contribution in [0.1, 0.15) is 72.6 Å². The lowest BCUT2D eigenvalue weighted by molar-refractivity contribution is -0.0125. The first kappa shape index (κ1) is 17.0. The van der Waals surface area contributed by atoms with Gasteiger partial charge in [-0.25, -0.2) is 0 Å². The van der Waals surface area contributed by atoms with Crippen molar-refractivity contribution in [2.24, 2.45) is 11.8 Å². The molecule has 0 bridgehead atoms. The summed E-state index contributed by atoms with van der Waals surface area (Å²) < 4.78 is 6.21. The maximum Gasteiger partial charge on any atom is 0.0730 e. The summed E-state index contributed by atoms with van der Waals surface area (Å²) in [5.74, 6) is 1.68. The quantitative estimate of drug-likeness (QED) is 0.627. The fourth-order valence-electron chi connectivity index (χ4n) is 3.06. The number of hydrogen-bond acceptors (Lipinski definition) is 2. The van der Waals surface area contributed by atoms with E-state index in [1.54, 1.807) is 0 Å². The van der Waals surface area contributed by atoms with Crippen molar-refractivity contribution >= 4 is 0 Å². The molecule has 0 saturated heterocycles. The molecule has 114 valence electrons. The van der Waals surface area contributed by atoms with E-state index in [9.17, 15) is 0 Å². The van der Waals surface area contributed by atoms with Gasteiger partial charge in [0.2, 0.25) is 0 Å². The summed E-state index contributed by atoms with van der Waals surface area (Å²) in [6.07, 6.45) is 9.43. The van der Waals surface area contributed by atoms with Crippen molar-refractivity contribution in [3.63, 3.8) is 0 Å². The van der Waals surface area contributed by atoms with Gasteiger partial charge in [-0.15, -0.1) is 0 Å². The van der Waals surface area contributed by atoms with Crippen molar-refractivity contribution in [3.8, 4) is 0 Å². The van der Waals surface area contributed by atoms with Gasteiger partial charge in [0.25, 0.3) is 0 Å². The highest BCUT2D eigenvalue weighted by Crippen LogP contribution is 2.29. The zero-order chi connectivity index (χ0) is 14.1. The van der Waals surface area contributed by atoms with Crippen molar-refractivity contribution in [2.45, 2.75) is 84.8 Å². The Balaban J connectivity index is 2.32. The van der Waals surface area contributed by atoms with E-state index in [1.807, 2.05) is 0 Å². The van der Waals surface area contributed by atoms with Gasteiger partial charge in [-0.2, -0.15) is 0 Å². The van der Waals surface area contributed by atoms with Gasteiger partial charge in [0.05, 0.1) is 6.10 Å². The molecule has 2 heteroatoms. The molecule has 0 spiro atoms. The van der Waals surface area contributed by atoms with Gasteiger partial charge < -0.3 is 10.1 Å². The zero-order valence-electron chi connectivity index (χ0n) is 13.6. The van der Waals surface area contributed by atoms with Gasteiger partial charge in [0.15, 0.2) is 0 Å². The van der Waals surface area contributed by atoms with Crippen LogP contribution in [0.15, 0.2) is 0 Å². The zero-order valence-corrected chi connectivity index (χ0v) is 13.6. The van der Waals surface area contributed by atoms with Crippen LogP contribution in [-0.4, -0.2) is 25.3 Å². The van der Waals surface area contributed by atoms with Crippen LogP contribution in [0.25, 0.3) is 0 Å². The monoisotopic (exact) mass is 269 g/mol. The molecule has 1 fully saturated rings. The maximum atomic E-state index is 6.21. The Labute approximate surface area is 120 Å². The second kappa shape index (κ2) is 9.77. The van der Waals surface area contributed by atoms with Gasteiger partial charge in [-0.05, 0) is 56.9 Å². The van der Waals surface area contributed by atoms with Gasteiger partial charge in [0, 0.05) is 12.6 Å². The maximum absolute atomic E-state index is 6.21. The highest BCUT2D eigenvalue weighted by atomic mass is 16.5. The van der Waals surface area contributed by atoms with Crippen LogP contribution in [0.2, 0.25) is 0 Å². The second-order valence-electron chi connectivity index (χ2n) is 6.59. The van der Waals surface area contributed by atoms with Crippen molar-refractivity contribution < 1.29 is 4.74 Å². The lowest BCUT2D eigenvalue weighted by Gasteiger charge is -2.36. The van der Waals surface area contributed by atoms with Crippen LogP contribution in [0.4, 0.5) is 0 Å². The van der Waals surface area contributed by atoms with Gasteiger partial charge in [-0.3, -0.25) is 0 Å². The lowest BCUT2D eigenvalue weighted by Crippen LogP contribution is -2.46. The third-order valence-electron chi connectivity index (χ3n) is 4.39. The third-order valence-corrected chi connectivity index (χ3v) is 4.39. The van der Waals surface area contributed by atoms with Crippen LogP contribution in [0, 0.1) is 11.8 Å². The molecule has 1 saturated carbocycles. The Morgan fingerprint density at radius 2 is 2.00 bits per heavy atom. The van der Waals surface area contributed by atoms with E-state index in [4.69, 9.17) is 4.74 Å². The molecule has 1 N–H and O–H groups in total. The molecular weight excluding hydrogens is 234 g/mol. The minimum absolute atomic E-state index is 0.456. The summed E-state index contributed by atoms with van der Waals surface area (Å²) in [5.41, 5.74) is 0. The van der Waals surface area contributed by atoms with Crippen molar-refractivity contribution in [1.82, 2.24) is 5.32 Å². The second-order valence-corrected chi connectivity index (χ2v) is 6.59. The van der Waals surface area contributed by atoms with Crippen LogP contribution in [0.5, 0.6) is 0 Å². The highest BCUT2D eigenvalue weighted by molar-refractivity contribution is 4.85. The molecule has 0 radical (unpaired) electrons. The minimum Gasteiger partial charge on any atom is -0.377 e. The first-order valence-corrected chi connectivity index (χ1v) is 8.52.